The van der Waals surface area contributed by atoms with Crippen LogP contribution in [0.15, 0.2) is 29.3 Å². The molecule has 0 saturated carbocycles. The van der Waals surface area contributed by atoms with Crippen molar-refractivity contribution in [1.82, 2.24) is 15.1 Å². The zero-order valence-electron chi connectivity index (χ0n) is 13.4. The molecule has 0 aliphatic carbocycles. The van der Waals surface area contributed by atoms with Gasteiger partial charge in [-0.1, -0.05) is 12.1 Å². The van der Waals surface area contributed by atoms with Crippen LogP contribution in [-0.2, 0) is 4.79 Å². The molecule has 0 spiro atoms. The predicted molar refractivity (Wildman–Crippen MR) is 90.1 cm³/mol. The Labute approximate surface area is 147 Å². The lowest BCUT2D eigenvalue weighted by Crippen LogP contribution is -2.45. The molecular formula is C16H13N5O3S. The highest BCUT2D eigenvalue weighted by Gasteiger charge is 2.40. The first-order chi connectivity index (χ1) is 12.0. The lowest BCUT2D eigenvalue weighted by Gasteiger charge is -2.21. The third-order valence-electron chi connectivity index (χ3n) is 3.88. The molecule has 0 saturated heterocycles. The summed E-state index contributed by atoms with van der Waals surface area (Å²) in [5, 5.41) is 18.7. The lowest BCUT2D eigenvalue weighted by molar-refractivity contribution is -0.119. The van der Waals surface area contributed by atoms with Crippen LogP contribution in [0.25, 0.3) is 0 Å². The molecule has 9 heteroatoms. The van der Waals surface area contributed by atoms with Gasteiger partial charge in [0.15, 0.2) is 0 Å². The van der Waals surface area contributed by atoms with Gasteiger partial charge in [0.1, 0.15) is 28.5 Å². The van der Waals surface area contributed by atoms with Gasteiger partial charge in [0.25, 0.3) is 11.8 Å². The average molecular weight is 355 g/mol. The first-order valence-corrected chi connectivity index (χ1v) is 8.52. The fourth-order valence-electron chi connectivity index (χ4n) is 2.57. The highest BCUT2D eigenvalue weighted by Crippen LogP contribution is 2.26. The Morgan fingerprint density at radius 3 is 2.44 bits per heavy atom. The second-order valence-corrected chi connectivity index (χ2v) is 6.08. The molecule has 1 atom stereocenters. The number of fused-ring (bicyclic) bond motifs is 1. The van der Waals surface area contributed by atoms with Crippen molar-refractivity contribution in [3.63, 3.8) is 0 Å². The predicted octanol–water partition coefficient (Wildman–Crippen LogP) is 1.63. The zero-order chi connectivity index (χ0) is 18.1. The van der Waals surface area contributed by atoms with E-state index < -0.39 is 23.8 Å². The van der Waals surface area contributed by atoms with E-state index in [1.54, 1.807) is 30.5 Å². The van der Waals surface area contributed by atoms with Crippen molar-refractivity contribution in [2.45, 2.75) is 18.0 Å². The molecule has 1 aliphatic heterocycles. The number of hydrogen-bond donors (Lipinski definition) is 2. The summed E-state index contributed by atoms with van der Waals surface area (Å²) < 4.78 is 0. The fourth-order valence-corrected chi connectivity index (χ4v) is 3.06. The Hall–Kier alpha value is -3.12. The Morgan fingerprint density at radius 1 is 1.32 bits per heavy atom. The molecular weight excluding hydrogens is 342 g/mol. The summed E-state index contributed by atoms with van der Waals surface area (Å²) in [6.07, 6.45) is 1.75. The molecule has 25 heavy (non-hydrogen) atoms. The number of anilines is 1. The number of rotatable bonds is 4. The normalized spacial score (nSPS) is 14.2. The number of H-pyrrole nitrogens is 1. The molecule has 0 radical (unpaired) electrons. The Bertz CT molecular complexity index is 895. The van der Waals surface area contributed by atoms with Crippen molar-refractivity contribution in [2.24, 2.45) is 0 Å². The van der Waals surface area contributed by atoms with Crippen LogP contribution in [0.3, 0.4) is 0 Å². The summed E-state index contributed by atoms with van der Waals surface area (Å²) in [7, 11) is 0. The summed E-state index contributed by atoms with van der Waals surface area (Å²) in [5.74, 6) is -1.49. The molecule has 1 aliphatic rings. The summed E-state index contributed by atoms with van der Waals surface area (Å²) in [6, 6.07) is 7.34. The van der Waals surface area contributed by atoms with E-state index in [1.807, 2.05) is 6.07 Å². The van der Waals surface area contributed by atoms with Gasteiger partial charge in [-0.3, -0.25) is 24.4 Å². The fraction of sp³-hybridized carbons (Fsp3) is 0.188. The molecule has 2 aromatic rings. The molecule has 8 nitrogen and oxygen atoms in total. The number of aromatic nitrogens is 2. The number of hydrogen-bond acceptors (Lipinski definition) is 6. The van der Waals surface area contributed by atoms with Gasteiger partial charge in [0.05, 0.1) is 11.1 Å². The molecule has 1 aromatic carbocycles. The molecule has 3 rings (SSSR count). The van der Waals surface area contributed by atoms with E-state index in [1.165, 1.54) is 18.7 Å². The number of carbonyl (C=O) groups is 3. The van der Waals surface area contributed by atoms with E-state index in [9.17, 15) is 19.6 Å². The maximum absolute atomic E-state index is 12.5. The smallest absolute Gasteiger partial charge is 0.262 e. The number of nitrogens with zero attached hydrogens (tertiary/aromatic N) is 3. The van der Waals surface area contributed by atoms with Crippen molar-refractivity contribution in [3.05, 3.63) is 41.0 Å². The highest BCUT2D eigenvalue weighted by molar-refractivity contribution is 7.98. The Balaban J connectivity index is 1.83. The third kappa shape index (κ3) is 2.66. The van der Waals surface area contributed by atoms with Gasteiger partial charge < -0.3 is 5.32 Å². The van der Waals surface area contributed by atoms with Crippen LogP contribution in [0.5, 0.6) is 0 Å². The van der Waals surface area contributed by atoms with Gasteiger partial charge in [0, 0.05) is 0 Å². The van der Waals surface area contributed by atoms with Crippen molar-refractivity contribution in [3.8, 4) is 6.07 Å². The van der Waals surface area contributed by atoms with Gasteiger partial charge in [-0.15, -0.1) is 11.8 Å². The summed E-state index contributed by atoms with van der Waals surface area (Å²) in [6.45, 7) is 1.45. The largest absolute Gasteiger partial charge is 0.308 e. The molecule has 2 N–H and O–H groups in total. The first kappa shape index (κ1) is 16.7. The number of carbonyl (C=O) groups excluding carboxylic acids is 3. The maximum atomic E-state index is 12.5. The van der Waals surface area contributed by atoms with Gasteiger partial charge in [-0.25, -0.2) is 0 Å². The van der Waals surface area contributed by atoms with Crippen LogP contribution >= 0.6 is 11.8 Å². The molecule has 3 amide bonds. The minimum Gasteiger partial charge on any atom is -0.308 e. The molecule has 2 heterocycles. The molecule has 0 unspecified atom stereocenters. The number of aromatic amines is 1. The summed E-state index contributed by atoms with van der Waals surface area (Å²) in [4.78, 5) is 38.3. The second-order valence-electron chi connectivity index (χ2n) is 5.29. The monoisotopic (exact) mass is 355 g/mol. The standard InChI is InChI=1S/C16H13N5O3S/c1-8(13(22)18-12-11(7-17)14(25-2)20-19-12)21-15(23)9-5-3-4-6-10(9)16(21)24/h3-6,8H,1-2H3,(H2,18,19,20,22)/t8-/m1/s1. The number of amides is 3. The van der Waals surface area contributed by atoms with E-state index in [0.717, 1.165) is 4.90 Å². The second kappa shape index (κ2) is 6.41. The van der Waals surface area contributed by atoms with Crippen LogP contribution in [0.1, 0.15) is 33.2 Å². The number of benzene rings is 1. The third-order valence-corrected chi connectivity index (χ3v) is 4.56. The average Bonchev–Trinajstić information content (AvgIpc) is 3.13. The molecule has 0 bridgehead atoms. The van der Waals surface area contributed by atoms with Crippen molar-refractivity contribution in [1.29, 1.82) is 5.26 Å². The quantitative estimate of drug-likeness (QED) is 0.635. The molecule has 1 aromatic heterocycles. The van der Waals surface area contributed by atoms with Crippen molar-refractivity contribution >= 4 is 35.3 Å². The zero-order valence-corrected chi connectivity index (χ0v) is 14.2. The Morgan fingerprint density at radius 2 is 1.92 bits per heavy atom. The van der Waals surface area contributed by atoms with Gasteiger partial charge >= 0.3 is 0 Å². The number of nitrogens with one attached hydrogen (secondary N) is 2. The maximum Gasteiger partial charge on any atom is 0.262 e. The van der Waals surface area contributed by atoms with E-state index in [2.05, 4.69) is 15.5 Å². The van der Waals surface area contributed by atoms with Crippen LogP contribution in [0.2, 0.25) is 0 Å². The van der Waals surface area contributed by atoms with Crippen LogP contribution in [0.4, 0.5) is 5.82 Å². The molecule has 126 valence electrons. The number of thioether (sulfide) groups is 1. The lowest BCUT2D eigenvalue weighted by atomic mass is 10.1. The molecule has 0 fully saturated rings. The summed E-state index contributed by atoms with van der Waals surface area (Å²) in [5.41, 5.74) is 0.752. The van der Waals surface area contributed by atoms with E-state index in [4.69, 9.17) is 0 Å². The Kier molecular flexibility index (Phi) is 4.29. The van der Waals surface area contributed by atoms with Gasteiger partial charge in [0.2, 0.25) is 5.91 Å². The van der Waals surface area contributed by atoms with E-state index >= 15 is 0 Å². The minimum atomic E-state index is -1.04. The van der Waals surface area contributed by atoms with E-state index in [0.29, 0.717) is 5.03 Å². The highest BCUT2D eigenvalue weighted by atomic mass is 32.2. The summed E-state index contributed by atoms with van der Waals surface area (Å²) >= 11 is 1.26. The van der Waals surface area contributed by atoms with Crippen LogP contribution in [0, 0.1) is 11.3 Å². The van der Waals surface area contributed by atoms with Crippen molar-refractivity contribution in [2.75, 3.05) is 11.6 Å². The SMILES string of the molecule is CSc1n[nH]c(NC(=O)[C@@H](C)N2C(=O)c3ccccc3C2=O)c1C#N. The van der Waals surface area contributed by atoms with Crippen LogP contribution < -0.4 is 5.32 Å². The van der Waals surface area contributed by atoms with Crippen LogP contribution in [-0.4, -0.2) is 45.1 Å². The topological polar surface area (TPSA) is 119 Å². The van der Waals surface area contributed by atoms with Crippen molar-refractivity contribution < 1.29 is 14.4 Å². The number of nitriles is 1. The van der Waals surface area contributed by atoms with E-state index in [-0.39, 0.29) is 22.5 Å². The van der Waals surface area contributed by atoms with Gasteiger partial charge in [-0.2, -0.15) is 10.4 Å². The first-order valence-electron chi connectivity index (χ1n) is 7.29. The minimum absolute atomic E-state index is 0.139. The number of imide groups is 1. The van der Waals surface area contributed by atoms with Gasteiger partial charge in [-0.05, 0) is 25.3 Å².